The van der Waals surface area contributed by atoms with E-state index in [1.165, 1.54) is 6.92 Å². The Morgan fingerprint density at radius 3 is 2.15 bits per heavy atom. The monoisotopic (exact) mass is 583 g/mol. The van der Waals surface area contributed by atoms with Crippen LogP contribution in [0.3, 0.4) is 0 Å². The van der Waals surface area contributed by atoms with Crippen molar-refractivity contribution in [1.82, 2.24) is 5.09 Å². The minimum Gasteiger partial charge on any atom is -0.462 e. The molecule has 13 heteroatoms. The first-order chi connectivity index (χ1) is 18.4. The second kappa shape index (κ2) is 11.0. The summed E-state index contributed by atoms with van der Waals surface area (Å²) in [5, 5.41) is 2.71. The summed E-state index contributed by atoms with van der Waals surface area (Å²) in [7, 11) is -4.86. The number of nitrogens with one attached hydrogen (secondary N) is 1. The Labute approximate surface area is 237 Å². The maximum atomic E-state index is 14.1. The predicted molar refractivity (Wildman–Crippen MR) is 148 cm³/mol. The van der Waals surface area contributed by atoms with Crippen molar-refractivity contribution in [2.45, 2.75) is 122 Å². The van der Waals surface area contributed by atoms with Gasteiger partial charge < -0.3 is 32.8 Å². The lowest BCUT2D eigenvalue weighted by atomic mass is 9.77. The van der Waals surface area contributed by atoms with Crippen molar-refractivity contribution in [3.8, 4) is 5.75 Å². The quantitative estimate of drug-likeness (QED) is 0.239. The van der Waals surface area contributed by atoms with Gasteiger partial charge in [-0.1, -0.05) is 18.2 Å². The van der Waals surface area contributed by atoms with Crippen LogP contribution in [0.2, 0.25) is 0 Å². The van der Waals surface area contributed by atoms with Crippen molar-refractivity contribution in [1.29, 1.82) is 0 Å². The number of fused-ring (bicyclic) bond motifs is 1. The van der Waals surface area contributed by atoms with Crippen molar-refractivity contribution in [3.63, 3.8) is 0 Å². The van der Waals surface area contributed by atoms with Crippen molar-refractivity contribution >= 4 is 20.8 Å². The average molecular weight is 583 g/mol. The van der Waals surface area contributed by atoms with Crippen molar-refractivity contribution in [3.05, 3.63) is 30.3 Å². The number of hydrogen-bond donors (Lipinski definition) is 1. The van der Waals surface area contributed by atoms with E-state index in [1.807, 2.05) is 41.5 Å². The van der Waals surface area contributed by atoms with Gasteiger partial charge in [0.05, 0.1) is 23.9 Å². The van der Waals surface area contributed by atoms with E-state index < -0.39 is 67.7 Å². The fourth-order valence-electron chi connectivity index (χ4n) is 4.84. The van der Waals surface area contributed by atoms with Crippen LogP contribution >= 0.6 is 7.75 Å². The van der Waals surface area contributed by atoms with E-state index in [1.54, 1.807) is 51.1 Å². The molecule has 0 bridgehead atoms. The third kappa shape index (κ3) is 6.60. The summed E-state index contributed by atoms with van der Waals surface area (Å²) in [6.45, 7) is 18.1. The van der Waals surface area contributed by atoms with Crippen molar-refractivity contribution < 1.29 is 46.7 Å². The molecule has 0 radical (unpaired) electrons. The molecule has 0 saturated carbocycles. The van der Waals surface area contributed by atoms with E-state index in [4.69, 9.17) is 37.3 Å². The molecular formula is C27H43BNO10P. The molecule has 3 saturated heterocycles. The summed E-state index contributed by atoms with van der Waals surface area (Å²) in [5.41, 5.74) is -2.29. The van der Waals surface area contributed by atoms with Gasteiger partial charge in [0, 0.05) is 0 Å². The molecule has 1 aromatic rings. The Bertz CT molecular complexity index is 1100. The Morgan fingerprint density at radius 1 is 0.975 bits per heavy atom. The lowest BCUT2D eigenvalue weighted by Gasteiger charge is -2.33. The third-order valence-corrected chi connectivity index (χ3v) is 9.17. The van der Waals surface area contributed by atoms with Crippen molar-refractivity contribution in [2.75, 3.05) is 6.61 Å². The summed E-state index contributed by atoms with van der Waals surface area (Å²) < 4.78 is 62.7. The molecule has 0 aromatic heterocycles. The minimum atomic E-state index is -4.13. The fourth-order valence-corrected chi connectivity index (χ4v) is 6.43. The number of carbonyl (C=O) groups is 1. The highest BCUT2D eigenvalue weighted by molar-refractivity contribution is 7.52. The number of para-hydroxylation sites is 1. The Kier molecular flexibility index (Phi) is 8.62. The molecular weight excluding hydrogens is 540 g/mol. The van der Waals surface area contributed by atoms with Gasteiger partial charge in [-0.2, -0.15) is 5.09 Å². The standard InChI is InChI=1S/C27H43BNO10P/c1-17(2)33-23(30)18(3)29-40(31,37-19-14-12-11-13-15-19)32-16-27(10)21-20(34-26(8,9)35-21)22(36-27)28-38-24(4,5)25(6,7)39-28/h11-15,17-18,20-22H,16H2,1-10H3,(H,29,31)/t18-,20+,21-,22+,27+,40-/m0/s1. The van der Waals surface area contributed by atoms with Crippen LogP contribution in [0.5, 0.6) is 5.75 Å². The molecule has 1 N–H and O–H groups in total. The van der Waals surface area contributed by atoms with Gasteiger partial charge in [0.2, 0.25) is 0 Å². The molecule has 3 fully saturated rings. The molecule has 40 heavy (non-hydrogen) atoms. The number of hydrogen-bond acceptors (Lipinski definition) is 10. The van der Waals surface area contributed by atoms with Crippen LogP contribution in [-0.2, 0) is 42.1 Å². The molecule has 11 nitrogen and oxygen atoms in total. The molecule has 0 spiro atoms. The summed E-state index contributed by atoms with van der Waals surface area (Å²) in [6, 6.07) is 6.93. The van der Waals surface area contributed by atoms with Crippen LogP contribution in [0.4, 0.5) is 0 Å². The van der Waals surface area contributed by atoms with Gasteiger partial charge in [-0.05, 0) is 81.4 Å². The first kappa shape index (κ1) is 31.4. The molecule has 4 rings (SSSR count). The zero-order chi connectivity index (χ0) is 29.7. The van der Waals surface area contributed by atoms with Gasteiger partial charge in [-0.15, -0.1) is 0 Å². The highest BCUT2D eigenvalue weighted by atomic mass is 31.2. The van der Waals surface area contributed by atoms with Crippen LogP contribution in [0.1, 0.15) is 69.2 Å². The minimum absolute atomic E-state index is 0.216. The fraction of sp³-hybridized carbons (Fsp3) is 0.741. The van der Waals surface area contributed by atoms with E-state index in [0.29, 0.717) is 5.75 Å². The Morgan fingerprint density at radius 2 is 1.57 bits per heavy atom. The highest BCUT2D eigenvalue weighted by Crippen LogP contribution is 2.51. The molecule has 224 valence electrons. The van der Waals surface area contributed by atoms with E-state index in [0.717, 1.165) is 0 Å². The predicted octanol–water partition coefficient (Wildman–Crippen LogP) is 4.43. The average Bonchev–Trinajstić information content (AvgIpc) is 3.37. The second-order valence-electron chi connectivity index (χ2n) is 12.6. The Hall–Kier alpha value is -1.50. The largest absolute Gasteiger partial charge is 0.491 e. The van der Waals surface area contributed by atoms with E-state index in [2.05, 4.69) is 5.09 Å². The van der Waals surface area contributed by atoms with Crippen LogP contribution in [0.25, 0.3) is 0 Å². The number of ether oxygens (including phenoxy) is 4. The molecule has 0 amide bonds. The van der Waals surface area contributed by atoms with Crippen LogP contribution < -0.4 is 9.61 Å². The molecule has 3 heterocycles. The molecule has 0 unspecified atom stereocenters. The smallest absolute Gasteiger partial charge is 0.462 e. The first-order valence-electron chi connectivity index (χ1n) is 13.7. The van der Waals surface area contributed by atoms with Crippen LogP contribution in [0.15, 0.2) is 30.3 Å². The summed E-state index contributed by atoms with van der Waals surface area (Å²) in [4.78, 5) is 12.5. The summed E-state index contributed by atoms with van der Waals surface area (Å²) in [5.74, 6) is -1.19. The highest BCUT2D eigenvalue weighted by Gasteiger charge is 2.67. The van der Waals surface area contributed by atoms with Crippen molar-refractivity contribution in [2.24, 2.45) is 0 Å². The maximum Gasteiger partial charge on any atom is 0.491 e. The number of rotatable bonds is 10. The molecule has 3 aliphatic heterocycles. The SMILES string of the molecule is CC(C)OC(=O)[C@H](C)N[P@](=O)(OC[C@@]1(C)O[C@@H](B2OC(C)(C)C(C)(C)O2)[C@@H]2OC(C)(C)O[C@@H]21)Oc1ccccc1. The lowest BCUT2D eigenvalue weighted by molar-refractivity contribution is -0.204. The lowest BCUT2D eigenvalue weighted by Crippen LogP contribution is -2.45. The van der Waals surface area contributed by atoms with Gasteiger partial charge in [-0.25, -0.2) is 4.57 Å². The molecule has 0 aliphatic carbocycles. The summed E-state index contributed by atoms with van der Waals surface area (Å²) >= 11 is 0. The van der Waals surface area contributed by atoms with Gasteiger partial charge >= 0.3 is 20.8 Å². The van der Waals surface area contributed by atoms with Gasteiger partial charge in [0.25, 0.3) is 0 Å². The molecule has 6 atom stereocenters. The van der Waals surface area contributed by atoms with Crippen LogP contribution in [-0.4, -0.2) is 72.6 Å². The number of esters is 1. The maximum absolute atomic E-state index is 14.1. The number of benzene rings is 1. The van der Waals surface area contributed by atoms with Gasteiger partial charge in [0.1, 0.15) is 35.6 Å². The molecule has 3 aliphatic rings. The zero-order valence-electron chi connectivity index (χ0n) is 25.1. The Balaban J connectivity index is 1.56. The van der Waals surface area contributed by atoms with Gasteiger partial charge in [0.15, 0.2) is 5.79 Å². The van der Waals surface area contributed by atoms with E-state index in [-0.39, 0.29) is 12.7 Å². The second-order valence-corrected chi connectivity index (χ2v) is 14.2. The van der Waals surface area contributed by atoms with E-state index in [9.17, 15) is 9.36 Å². The molecule has 1 aromatic carbocycles. The number of carbonyl (C=O) groups excluding carboxylic acids is 1. The normalized spacial score (nSPS) is 32.5. The van der Waals surface area contributed by atoms with Gasteiger partial charge in [-0.3, -0.25) is 9.32 Å². The topological polar surface area (TPSA) is 120 Å². The first-order valence-corrected chi connectivity index (χ1v) is 15.3. The van der Waals surface area contributed by atoms with Crippen LogP contribution in [0, 0.1) is 0 Å². The third-order valence-electron chi connectivity index (χ3n) is 7.55. The zero-order valence-corrected chi connectivity index (χ0v) is 26.0. The van der Waals surface area contributed by atoms with E-state index >= 15 is 0 Å². The summed E-state index contributed by atoms with van der Waals surface area (Å²) in [6.07, 6.45) is -1.48.